The molecule has 0 spiro atoms. The quantitative estimate of drug-likeness (QED) is 0.735. The standard InChI is InChI=1S/C16H16N4O3S/c1-12-4-2-3-5-14(12)11-24(21,22)18-10-15-19-20-16(23-15)13-6-8-17-9-7-13/h2-9,18H,10-11H2,1H3. The molecule has 0 unspecified atom stereocenters. The first-order chi connectivity index (χ1) is 11.5. The molecule has 0 radical (unpaired) electrons. The predicted molar refractivity (Wildman–Crippen MR) is 88.2 cm³/mol. The fourth-order valence-corrected chi connectivity index (χ4v) is 3.31. The largest absolute Gasteiger partial charge is 0.419 e. The van der Waals surface area contributed by atoms with E-state index in [1.807, 2.05) is 25.1 Å². The van der Waals surface area contributed by atoms with E-state index < -0.39 is 10.0 Å². The van der Waals surface area contributed by atoms with Crippen LogP contribution in [0.3, 0.4) is 0 Å². The van der Waals surface area contributed by atoms with Gasteiger partial charge in [-0.3, -0.25) is 4.98 Å². The zero-order valence-corrected chi connectivity index (χ0v) is 13.8. The molecule has 0 aliphatic heterocycles. The Bertz CT molecular complexity index is 923. The zero-order valence-electron chi connectivity index (χ0n) is 13.0. The Morgan fingerprint density at radius 3 is 2.58 bits per heavy atom. The van der Waals surface area contributed by atoms with Crippen LogP contribution in [0.1, 0.15) is 17.0 Å². The van der Waals surface area contributed by atoms with Gasteiger partial charge < -0.3 is 4.42 Å². The topological polar surface area (TPSA) is 98.0 Å². The lowest BCUT2D eigenvalue weighted by Gasteiger charge is -2.07. The van der Waals surface area contributed by atoms with Gasteiger partial charge in [0.2, 0.25) is 21.8 Å². The third kappa shape index (κ3) is 4.03. The Hall–Kier alpha value is -2.58. The van der Waals surface area contributed by atoms with E-state index in [0.717, 1.165) is 16.7 Å². The van der Waals surface area contributed by atoms with Crippen molar-refractivity contribution in [1.82, 2.24) is 19.9 Å². The van der Waals surface area contributed by atoms with Gasteiger partial charge in [0.25, 0.3) is 0 Å². The minimum Gasteiger partial charge on any atom is -0.419 e. The smallest absolute Gasteiger partial charge is 0.247 e. The highest BCUT2D eigenvalue weighted by atomic mass is 32.2. The number of hydrogen-bond donors (Lipinski definition) is 1. The average molecular weight is 344 g/mol. The Balaban J connectivity index is 1.65. The summed E-state index contributed by atoms with van der Waals surface area (Å²) in [5.41, 5.74) is 2.42. The lowest BCUT2D eigenvalue weighted by molar-refractivity contribution is 0.494. The van der Waals surface area contributed by atoms with Crippen molar-refractivity contribution in [2.24, 2.45) is 0 Å². The van der Waals surface area contributed by atoms with Gasteiger partial charge in [-0.25, -0.2) is 13.1 Å². The number of hydrogen-bond acceptors (Lipinski definition) is 6. The molecule has 0 amide bonds. The molecule has 0 aliphatic carbocycles. The first kappa shape index (κ1) is 16.3. The van der Waals surface area contributed by atoms with Crippen molar-refractivity contribution < 1.29 is 12.8 Å². The highest BCUT2D eigenvalue weighted by Crippen LogP contribution is 2.16. The van der Waals surface area contributed by atoms with Gasteiger partial charge >= 0.3 is 0 Å². The molecule has 7 nitrogen and oxygen atoms in total. The van der Waals surface area contributed by atoms with Crippen molar-refractivity contribution in [3.05, 3.63) is 65.8 Å². The molecule has 3 aromatic rings. The van der Waals surface area contributed by atoms with Gasteiger partial charge in [-0.1, -0.05) is 24.3 Å². The lowest BCUT2D eigenvalue weighted by atomic mass is 10.1. The van der Waals surface area contributed by atoms with Crippen LogP contribution in [0.4, 0.5) is 0 Å². The van der Waals surface area contributed by atoms with E-state index in [1.165, 1.54) is 0 Å². The van der Waals surface area contributed by atoms with Crippen molar-refractivity contribution >= 4 is 10.0 Å². The number of sulfonamides is 1. The van der Waals surface area contributed by atoms with Gasteiger partial charge in [0.1, 0.15) is 0 Å². The van der Waals surface area contributed by atoms with Crippen molar-refractivity contribution in [1.29, 1.82) is 0 Å². The number of aryl methyl sites for hydroxylation is 1. The second-order valence-corrected chi connectivity index (χ2v) is 7.05. The lowest BCUT2D eigenvalue weighted by Crippen LogP contribution is -2.25. The van der Waals surface area contributed by atoms with Gasteiger partial charge in [0, 0.05) is 18.0 Å². The van der Waals surface area contributed by atoms with E-state index in [0.29, 0.717) is 5.89 Å². The summed E-state index contributed by atoms with van der Waals surface area (Å²) in [6.45, 7) is 1.83. The van der Waals surface area contributed by atoms with Crippen LogP contribution in [0.25, 0.3) is 11.5 Å². The molecule has 0 saturated heterocycles. The molecular weight excluding hydrogens is 328 g/mol. The first-order valence-corrected chi connectivity index (χ1v) is 8.93. The van der Waals surface area contributed by atoms with Gasteiger partial charge in [0.05, 0.1) is 12.3 Å². The average Bonchev–Trinajstić information content (AvgIpc) is 3.05. The molecule has 0 saturated carbocycles. The molecule has 1 N–H and O–H groups in total. The summed E-state index contributed by atoms with van der Waals surface area (Å²) >= 11 is 0. The van der Waals surface area contributed by atoms with E-state index in [2.05, 4.69) is 19.9 Å². The molecule has 124 valence electrons. The summed E-state index contributed by atoms with van der Waals surface area (Å²) in [6, 6.07) is 10.8. The van der Waals surface area contributed by atoms with E-state index in [4.69, 9.17) is 4.42 Å². The molecule has 2 heterocycles. The Labute approximate surface area is 139 Å². The summed E-state index contributed by atoms with van der Waals surface area (Å²) in [5.74, 6) is 0.436. The van der Waals surface area contributed by atoms with Crippen LogP contribution >= 0.6 is 0 Å². The molecule has 2 aromatic heterocycles. The minimum absolute atomic E-state index is 0.0493. The molecular formula is C16H16N4O3S. The highest BCUT2D eigenvalue weighted by Gasteiger charge is 2.15. The Morgan fingerprint density at radius 1 is 1.08 bits per heavy atom. The monoisotopic (exact) mass is 344 g/mol. The summed E-state index contributed by atoms with van der Waals surface area (Å²) in [5, 5.41) is 7.76. The van der Waals surface area contributed by atoms with Crippen LogP contribution in [0.2, 0.25) is 0 Å². The van der Waals surface area contributed by atoms with Gasteiger partial charge in [0.15, 0.2) is 0 Å². The number of benzene rings is 1. The molecule has 24 heavy (non-hydrogen) atoms. The van der Waals surface area contributed by atoms with Gasteiger partial charge in [-0.05, 0) is 30.2 Å². The highest BCUT2D eigenvalue weighted by molar-refractivity contribution is 7.88. The summed E-state index contributed by atoms with van der Waals surface area (Å²) < 4.78 is 32.3. The van der Waals surface area contributed by atoms with Crippen LogP contribution < -0.4 is 4.72 Å². The van der Waals surface area contributed by atoms with Crippen molar-refractivity contribution in [3.8, 4) is 11.5 Å². The third-order valence-electron chi connectivity index (χ3n) is 3.44. The second kappa shape index (κ2) is 6.90. The molecule has 8 heteroatoms. The van der Waals surface area contributed by atoms with Crippen LogP contribution in [-0.4, -0.2) is 23.6 Å². The van der Waals surface area contributed by atoms with Crippen molar-refractivity contribution in [2.75, 3.05) is 0 Å². The molecule has 3 rings (SSSR count). The Kier molecular flexibility index (Phi) is 4.68. The molecule has 0 bridgehead atoms. The van der Waals surface area contributed by atoms with Crippen LogP contribution in [-0.2, 0) is 22.3 Å². The third-order valence-corrected chi connectivity index (χ3v) is 4.72. The molecule has 1 aromatic carbocycles. The molecule has 0 atom stereocenters. The molecule has 0 fully saturated rings. The number of nitrogens with one attached hydrogen (secondary N) is 1. The summed E-state index contributed by atoms with van der Waals surface area (Å²) in [7, 11) is -3.50. The maximum atomic E-state index is 12.2. The van der Waals surface area contributed by atoms with Crippen LogP contribution in [0.15, 0.2) is 53.2 Å². The van der Waals surface area contributed by atoms with Gasteiger partial charge in [-0.15, -0.1) is 10.2 Å². The van der Waals surface area contributed by atoms with Crippen molar-refractivity contribution in [3.63, 3.8) is 0 Å². The Morgan fingerprint density at radius 2 is 1.83 bits per heavy atom. The fourth-order valence-electron chi connectivity index (χ4n) is 2.14. The van der Waals surface area contributed by atoms with E-state index in [1.54, 1.807) is 30.6 Å². The second-order valence-electron chi connectivity index (χ2n) is 5.24. The summed E-state index contributed by atoms with van der Waals surface area (Å²) in [6.07, 6.45) is 3.23. The maximum Gasteiger partial charge on any atom is 0.247 e. The number of nitrogens with zero attached hydrogens (tertiary/aromatic N) is 3. The number of pyridine rings is 1. The van der Waals surface area contributed by atoms with Crippen LogP contribution in [0, 0.1) is 6.92 Å². The van der Waals surface area contributed by atoms with E-state index >= 15 is 0 Å². The van der Waals surface area contributed by atoms with Gasteiger partial charge in [-0.2, -0.15) is 0 Å². The summed E-state index contributed by atoms with van der Waals surface area (Å²) in [4.78, 5) is 3.91. The normalized spacial score (nSPS) is 11.5. The fraction of sp³-hybridized carbons (Fsp3) is 0.188. The number of rotatable bonds is 6. The maximum absolute atomic E-state index is 12.2. The molecule has 0 aliphatic rings. The predicted octanol–water partition coefficient (Wildman–Crippen LogP) is 2.06. The van der Waals surface area contributed by atoms with Crippen molar-refractivity contribution in [2.45, 2.75) is 19.2 Å². The SMILES string of the molecule is Cc1ccccc1CS(=O)(=O)NCc1nnc(-c2ccncc2)o1. The number of aromatic nitrogens is 3. The van der Waals surface area contributed by atoms with Crippen LogP contribution in [0.5, 0.6) is 0 Å². The minimum atomic E-state index is -3.50. The van der Waals surface area contributed by atoms with E-state index in [9.17, 15) is 8.42 Å². The zero-order chi connectivity index (χ0) is 17.0. The van der Waals surface area contributed by atoms with E-state index in [-0.39, 0.29) is 18.2 Å². The first-order valence-electron chi connectivity index (χ1n) is 7.28.